The van der Waals surface area contributed by atoms with Gasteiger partial charge in [0.1, 0.15) is 12.2 Å². The minimum atomic E-state index is -1.16. The minimum absolute atomic E-state index is 0.0208. The summed E-state index contributed by atoms with van der Waals surface area (Å²) < 4.78 is 5.49. The van der Waals surface area contributed by atoms with Crippen LogP contribution in [0.5, 0.6) is 5.75 Å². The zero-order valence-corrected chi connectivity index (χ0v) is 9.77. The van der Waals surface area contributed by atoms with Gasteiger partial charge in [0, 0.05) is 0 Å². The highest BCUT2D eigenvalue weighted by Crippen LogP contribution is 2.24. The highest BCUT2D eigenvalue weighted by molar-refractivity contribution is 6.02. The quantitative estimate of drug-likeness (QED) is 0.767. The Hall–Kier alpha value is -2.04. The molecule has 0 aromatic heterocycles. The van der Waals surface area contributed by atoms with Gasteiger partial charge in [-0.25, -0.2) is 0 Å². The van der Waals surface area contributed by atoms with E-state index in [4.69, 9.17) is 9.84 Å². The van der Waals surface area contributed by atoms with E-state index < -0.39 is 18.3 Å². The zero-order chi connectivity index (χ0) is 12.8. The number of carbonyl (C=O) groups excluding carboxylic acids is 1. The van der Waals surface area contributed by atoms with E-state index in [9.17, 15) is 9.59 Å². The van der Waals surface area contributed by atoms with Crippen LogP contribution in [0.2, 0.25) is 0 Å². The van der Waals surface area contributed by atoms with Crippen LogP contribution >= 0.6 is 0 Å². The number of carboxylic acids is 1. The molecule has 0 radical (unpaired) electrons. The van der Waals surface area contributed by atoms with Gasteiger partial charge < -0.3 is 15.2 Å². The molecule has 2 N–H and O–H groups in total. The standard InChI is InChI=1S/C12H15NO4/c1-8(2)17-10-6-4-3-5-9(10)13-11(14)7-12(15)16/h3-6,8H,7H2,1-2H3,(H,13,14)(H,15,16). The molecule has 1 aromatic carbocycles. The van der Waals surface area contributed by atoms with Gasteiger partial charge in [-0.1, -0.05) is 12.1 Å². The van der Waals surface area contributed by atoms with Crippen molar-refractivity contribution in [2.24, 2.45) is 0 Å². The average molecular weight is 237 g/mol. The minimum Gasteiger partial charge on any atom is -0.489 e. The number of hydrogen-bond donors (Lipinski definition) is 2. The van der Waals surface area contributed by atoms with Crippen LogP contribution in [0.25, 0.3) is 0 Å². The lowest BCUT2D eigenvalue weighted by Crippen LogP contribution is -2.17. The Morgan fingerprint density at radius 2 is 2.00 bits per heavy atom. The van der Waals surface area contributed by atoms with Crippen molar-refractivity contribution < 1.29 is 19.4 Å². The number of benzene rings is 1. The molecule has 0 bridgehead atoms. The summed E-state index contributed by atoms with van der Waals surface area (Å²) in [7, 11) is 0. The second kappa shape index (κ2) is 5.89. The van der Waals surface area contributed by atoms with Gasteiger partial charge in [0.2, 0.25) is 5.91 Å². The van der Waals surface area contributed by atoms with Crippen LogP contribution < -0.4 is 10.1 Å². The Labute approximate surface area is 99.4 Å². The molecule has 17 heavy (non-hydrogen) atoms. The number of ether oxygens (including phenoxy) is 1. The number of hydrogen-bond acceptors (Lipinski definition) is 3. The van der Waals surface area contributed by atoms with Crippen LogP contribution in [0.15, 0.2) is 24.3 Å². The predicted molar refractivity (Wildman–Crippen MR) is 63.1 cm³/mol. The molecular weight excluding hydrogens is 222 g/mol. The molecule has 0 aliphatic carbocycles. The van der Waals surface area contributed by atoms with Gasteiger partial charge in [0.25, 0.3) is 0 Å². The van der Waals surface area contributed by atoms with E-state index in [0.717, 1.165) is 0 Å². The van der Waals surface area contributed by atoms with E-state index in [-0.39, 0.29) is 6.10 Å². The molecule has 0 saturated carbocycles. The normalized spacial score (nSPS) is 10.1. The molecule has 0 aliphatic rings. The molecule has 5 heteroatoms. The maximum atomic E-state index is 11.3. The first-order valence-corrected chi connectivity index (χ1v) is 5.26. The van der Waals surface area contributed by atoms with Crippen molar-refractivity contribution in [3.8, 4) is 5.75 Å². The summed E-state index contributed by atoms with van der Waals surface area (Å²) in [5, 5.41) is 11.0. The number of amides is 1. The molecule has 1 aromatic rings. The molecule has 0 fully saturated rings. The number of carboxylic acid groups (broad SMARTS) is 1. The fourth-order valence-electron chi connectivity index (χ4n) is 1.26. The molecule has 1 rings (SSSR count). The lowest BCUT2D eigenvalue weighted by atomic mass is 10.2. The van der Waals surface area contributed by atoms with E-state index in [0.29, 0.717) is 11.4 Å². The first-order valence-electron chi connectivity index (χ1n) is 5.26. The van der Waals surface area contributed by atoms with Gasteiger partial charge in [0.05, 0.1) is 11.8 Å². The fraction of sp³-hybridized carbons (Fsp3) is 0.333. The smallest absolute Gasteiger partial charge is 0.312 e. The Balaban J connectivity index is 2.76. The molecule has 92 valence electrons. The van der Waals surface area contributed by atoms with Crippen molar-refractivity contribution in [2.75, 3.05) is 5.32 Å². The number of aliphatic carboxylic acids is 1. The Bertz CT molecular complexity index is 415. The molecular formula is C12H15NO4. The maximum Gasteiger partial charge on any atom is 0.312 e. The molecule has 0 spiro atoms. The van der Waals surface area contributed by atoms with Crippen LogP contribution in [0.3, 0.4) is 0 Å². The number of anilines is 1. The van der Waals surface area contributed by atoms with Crippen LogP contribution in [0.4, 0.5) is 5.69 Å². The summed E-state index contributed by atoms with van der Waals surface area (Å²) in [6.07, 6.45) is -0.580. The third-order valence-corrected chi connectivity index (χ3v) is 1.84. The molecule has 0 atom stereocenters. The van der Waals surface area contributed by atoms with E-state index in [1.165, 1.54) is 0 Å². The summed E-state index contributed by atoms with van der Waals surface area (Å²) in [5.41, 5.74) is 0.479. The molecule has 0 unspecified atom stereocenters. The summed E-state index contributed by atoms with van der Waals surface area (Å²) in [6, 6.07) is 6.90. The van der Waals surface area contributed by atoms with Gasteiger partial charge in [-0.15, -0.1) is 0 Å². The Kier molecular flexibility index (Phi) is 4.51. The number of nitrogens with one attached hydrogen (secondary N) is 1. The van der Waals surface area contributed by atoms with E-state index >= 15 is 0 Å². The van der Waals surface area contributed by atoms with Gasteiger partial charge >= 0.3 is 5.97 Å². The number of rotatable bonds is 5. The number of carbonyl (C=O) groups is 2. The summed E-state index contributed by atoms with van der Waals surface area (Å²) in [5.74, 6) is -1.21. The molecule has 1 amide bonds. The maximum absolute atomic E-state index is 11.3. The molecule has 0 aliphatic heterocycles. The van der Waals surface area contributed by atoms with Crippen molar-refractivity contribution in [2.45, 2.75) is 26.4 Å². The third-order valence-electron chi connectivity index (χ3n) is 1.84. The van der Waals surface area contributed by atoms with E-state index in [2.05, 4.69) is 5.32 Å². The fourth-order valence-corrected chi connectivity index (χ4v) is 1.26. The first kappa shape index (κ1) is 13.0. The van der Waals surface area contributed by atoms with Gasteiger partial charge in [0.15, 0.2) is 0 Å². The Morgan fingerprint density at radius 1 is 1.35 bits per heavy atom. The largest absolute Gasteiger partial charge is 0.489 e. The van der Waals surface area contributed by atoms with Crippen LogP contribution in [0.1, 0.15) is 20.3 Å². The van der Waals surface area contributed by atoms with Crippen LogP contribution in [-0.2, 0) is 9.59 Å². The molecule has 5 nitrogen and oxygen atoms in total. The van der Waals surface area contributed by atoms with Gasteiger partial charge in [-0.2, -0.15) is 0 Å². The zero-order valence-electron chi connectivity index (χ0n) is 9.77. The van der Waals surface area contributed by atoms with E-state index in [1.54, 1.807) is 24.3 Å². The van der Waals surface area contributed by atoms with Gasteiger partial charge in [-0.3, -0.25) is 9.59 Å². The van der Waals surface area contributed by atoms with E-state index in [1.807, 2.05) is 13.8 Å². The molecule has 0 saturated heterocycles. The SMILES string of the molecule is CC(C)Oc1ccccc1NC(=O)CC(=O)O. The topological polar surface area (TPSA) is 75.6 Å². The highest BCUT2D eigenvalue weighted by atomic mass is 16.5. The van der Waals surface area contributed by atoms with Crippen molar-refractivity contribution >= 4 is 17.6 Å². The summed E-state index contributed by atoms with van der Waals surface area (Å²) >= 11 is 0. The van der Waals surface area contributed by atoms with Gasteiger partial charge in [-0.05, 0) is 26.0 Å². The summed E-state index contributed by atoms with van der Waals surface area (Å²) in [4.78, 5) is 21.7. The third kappa shape index (κ3) is 4.55. The molecule has 0 heterocycles. The highest BCUT2D eigenvalue weighted by Gasteiger charge is 2.11. The van der Waals surface area contributed by atoms with Crippen LogP contribution in [-0.4, -0.2) is 23.1 Å². The average Bonchev–Trinajstić information content (AvgIpc) is 2.18. The second-order valence-corrected chi connectivity index (χ2v) is 3.78. The van der Waals surface area contributed by atoms with Crippen molar-refractivity contribution in [3.05, 3.63) is 24.3 Å². The Morgan fingerprint density at radius 3 is 2.59 bits per heavy atom. The lowest BCUT2D eigenvalue weighted by molar-refractivity contribution is -0.139. The second-order valence-electron chi connectivity index (χ2n) is 3.78. The number of para-hydroxylation sites is 2. The first-order chi connectivity index (χ1) is 7.99. The predicted octanol–water partition coefficient (Wildman–Crippen LogP) is 1.89. The monoisotopic (exact) mass is 237 g/mol. The van der Waals surface area contributed by atoms with Crippen molar-refractivity contribution in [1.29, 1.82) is 0 Å². The summed E-state index contributed by atoms with van der Waals surface area (Å²) in [6.45, 7) is 3.74. The van der Waals surface area contributed by atoms with Crippen LogP contribution in [0, 0.1) is 0 Å². The van der Waals surface area contributed by atoms with Crippen molar-refractivity contribution in [1.82, 2.24) is 0 Å². The lowest BCUT2D eigenvalue weighted by Gasteiger charge is -2.14. The van der Waals surface area contributed by atoms with Crippen molar-refractivity contribution in [3.63, 3.8) is 0 Å².